The first-order valence-corrected chi connectivity index (χ1v) is 8.75. The van der Waals surface area contributed by atoms with Gasteiger partial charge >= 0.3 is 0 Å². The molecule has 27 heavy (non-hydrogen) atoms. The number of nitrogens with zero attached hydrogens (tertiary/aromatic N) is 1. The van der Waals surface area contributed by atoms with Gasteiger partial charge in [-0.2, -0.15) is 5.26 Å². The lowest BCUT2D eigenvalue weighted by Gasteiger charge is -2.14. The van der Waals surface area contributed by atoms with Gasteiger partial charge in [0.1, 0.15) is 11.6 Å². The molecule has 0 spiro atoms. The molecule has 6 heteroatoms. The van der Waals surface area contributed by atoms with Gasteiger partial charge in [0.2, 0.25) is 0 Å². The number of anilines is 1. The predicted molar refractivity (Wildman–Crippen MR) is 107 cm³/mol. The van der Waals surface area contributed by atoms with E-state index in [1.54, 1.807) is 36.4 Å². The van der Waals surface area contributed by atoms with E-state index in [0.717, 1.165) is 5.56 Å². The Hall–Kier alpha value is -2.97. The number of nitriles is 1. The number of carbonyl (C=O) groups excluding carboxylic acids is 1. The highest BCUT2D eigenvalue weighted by atomic mass is 35.5. The fourth-order valence-electron chi connectivity index (χ4n) is 2.36. The maximum atomic E-state index is 12.5. The van der Waals surface area contributed by atoms with Crippen molar-refractivity contribution in [1.82, 2.24) is 0 Å². The topological polar surface area (TPSA) is 71.3 Å². The molecule has 0 radical (unpaired) electrons. The normalized spacial score (nSPS) is 11.1. The second kappa shape index (κ2) is 9.11. The van der Waals surface area contributed by atoms with Crippen LogP contribution in [0.5, 0.6) is 11.5 Å². The SMILES string of the molecule is COc1cc(C=C(C#N)C(=O)Nc2cc(Cl)ccc2C)ccc1OC(C)C. The fourth-order valence-corrected chi connectivity index (χ4v) is 2.53. The number of halogens is 1. The van der Waals surface area contributed by atoms with E-state index >= 15 is 0 Å². The summed E-state index contributed by atoms with van der Waals surface area (Å²) >= 11 is 5.97. The van der Waals surface area contributed by atoms with Crippen molar-refractivity contribution in [2.24, 2.45) is 0 Å². The molecule has 0 unspecified atom stereocenters. The van der Waals surface area contributed by atoms with Gasteiger partial charge in [-0.25, -0.2) is 0 Å². The molecule has 0 saturated carbocycles. The Morgan fingerprint density at radius 1 is 1.22 bits per heavy atom. The van der Waals surface area contributed by atoms with Crippen LogP contribution >= 0.6 is 11.6 Å². The summed E-state index contributed by atoms with van der Waals surface area (Å²) in [5, 5.41) is 12.6. The van der Waals surface area contributed by atoms with E-state index < -0.39 is 5.91 Å². The maximum Gasteiger partial charge on any atom is 0.266 e. The molecule has 0 bridgehead atoms. The zero-order chi connectivity index (χ0) is 20.0. The third-order valence-electron chi connectivity index (χ3n) is 3.67. The van der Waals surface area contributed by atoms with Crippen molar-refractivity contribution in [2.75, 3.05) is 12.4 Å². The van der Waals surface area contributed by atoms with Crippen molar-refractivity contribution in [3.8, 4) is 17.6 Å². The highest BCUT2D eigenvalue weighted by molar-refractivity contribution is 6.31. The second-order valence-electron chi connectivity index (χ2n) is 6.16. The van der Waals surface area contributed by atoms with E-state index in [0.29, 0.717) is 27.8 Å². The van der Waals surface area contributed by atoms with Crippen LogP contribution in [0.15, 0.2) is 42.0 Å². The quantitative estimate of drug-likeness (QED) is 0.562. The lowest BCUT2D eigenvalue weighted by atomic mass is 10.1. The minimum absolute atomic E-state index is 0.00155. The monoisotopic (exact) mass is 384 g/mol. The largest absolute Gasteiger partial charge is 0.493 e. The number of ether oxygens (including phenoxy) is 2. The minimum Gasteiger partial charge on any atom is -0.493 e. The van der Waals surface area contributed by atoms with Gasteiger partial charge in [0.15, 0.2) is 11.5 Å². The number of nitrogens with one attached hydrogen (secondary N) is 1. The van der Waals surface area contributed by atoms with Crippen molar-refractivity contribution < 1.29 is 14.3 Å². The van der Waals surface area contributed by atoms with Crippen molar-refractivity contribution in [2.45, 2.75) is 26.9 Å². The van der Waals surface area contributed by atoms with Crippen LogP contribution in [-0.4, -0.2) is 19.1 Å². The molecule has 0 heterocycles. The Morgan fingerprint density at radius 2 is 1.96 bits per heavy atom. The smallest absolute Gasteiger partial charge is 0.266 e. The number of amides is 1. The first-order chi connectivity index (χ1) is 12.8. The zero-order valence-corrected chi connectivity index (χ0v) is 16.4. The Labute approximate surface area is 164 Å². The molecular formula is C21H21ClN2O3. The van der Waals surface area contributed by atoms with Gasteiger partial charge in [0.25, 0.3) is 5.91 Å². The van der Waals surface area contributed by atoms with Crippen molar-refractivity contribution in [3.05, 3.63) is 58.1 Å². The first-order valence-electron chi connectivity index (χ1n) is 8.38. The third kappa shape index (κ3) is 5.50. The highest BCUT2D eigenvalue weighted by Crippen LogP contribution is 2.30. The summed E-state index contributed by atoms with van der Waals surface area (Å²) in [5.41, 5.74) is 2.03. The summed E-state index contributed by atoms with van der Waals surface area (Å²) < 4.78 is 11.0. The molecule has 0 aliphatic heterocycles. The molecule has 1 N–H and O–H groups in total. The Bertz CT molecular complexity index is 914. The average Bonchev–Trinajstić information content (AvgIpc) is 2.63. The van der Waals surface area contributed by atoms with E-state index in [1.807, 2.05) is 26.8 Å². The molecule has 0 aromatic heterocycles. The maximum absolute atomic E-state index is 12.5. The van der Waals surface area contributed by atoms with Crippen LogP contribution in [0.25, 0.3) is 6.08 Å². The van der Waals surface area contributed by atoms with Crippen LogP contribution in [0, 0.1) is 18.3 Å². The third-order valence-corrected chi connectivity index (χ3v) is 3.91. The van der Waals surface area contributed by atoms with E-state index in [1.165, 1.54) is 13.2 Å². The summed E-state index contributed by atoms with van der Waals surface area (Å²) in [5.74, 6) is 0.618. The number of benzene rings is 2. The molecule has 1 amide bonds. The summed E-state index contributed by atoms with van der Waals surface area (Å²) in [6.07, 6.45) is 1.50. The molecule has 5 nitrogen and oxygen atoms in total. The first kappa shape index (κ1) is 20.3. The van der Waals surface area contributed by atoms with Crippen molar-refractivity contribution in [3.63, 3.8) is 0 Å². The number of carbonyl (C=O) groups is 1. The molecule has 0 aliphatic carbocycles. The van der Waals surface area contributed by atoms with Crippen LogP contribution < -0.4 is 14.8 Å². The van der Waals surface area contributed by atoms with Gasteiger partial charge in [-0.05, 0) is 62.2 Å². The van der Waals surface area contributed by atoms with Gasteiger partial charge in [-0.3, -0.25) is 4.79 Å². The molecule has 0 saturated heterocycles. The number of hydrogen-bond donors (Lipinski definition) is 1. The zero-order valence-electron chi connectivity index (χ0n) is 15.7. The van der Waals surface area contributed by atoms with E-state index in [2.05, 4.69) is 5.32 Å². The highest BCUT2D eigenvalue weighted by Gasteiger charge is 2.13. The molecule has 0 aliphatic rings. The average molecular weight is 385 g/mol. The van der Waals surface area contributed by atoms with Crippen LogP contribution in [0.1, 0.15) is 25.0 Å². The van der Waals surface area contributed by atoms with Crippen LogP contribution in [-0.2, 0) is 4.79 Å². The molecular weight excluding hydrogens is 364 g/mol. The second-order valence-corrected chi connectivity index (χ2v) is 6.60. The van der Waals surface area contributed by atoms with Gasteiger partial charge in [-0.15, -0.1) is 0 Å². The summed E-state index contributed by atoms with van der Waals surface area (Å²) in [7, 11) is 1.54. The molecule has 0 atom stereocenters. The van der Waals surface area contributed by atoms with Gasteiger partial charge in [0.05, 0.1) is 13.2 Å². The summed E-state index contributed by atoms with van der Waals surface area (Å²) in [4.78, 5) is 12.5. The fraction of sp³-hybridized carbons (Fsp3) is 0.238. The van der Waals surface area contributed by atoms with E-state index in [9.17, 15) is 10.1 Å². The number of aryl methyl sites for hydroxylation is 1. The van der Waals surface area contributed by atoms with Crippen molar-refractivity contribution >= 4 is 29.3 Å². The summed E-state index contributed by atoms with van der Waals surface area (Å²) in [6, 6.07) is 12.3. The molecule has 0 fully saturated rings. The molecule has 140 valence electrons. The Morgan fingerprint density at radius 3 is 2.59 bits per heavy atom. The molecule has 2 aromatic rings. The van der Waals surface area contributed by atoms with E-state index in [4.69, 9.17) is 21.1 Å². The van der Waals surface area contributed by atoms with Crippen molar-refractivity contribution in [1.29, 1.82) is 5.26 Å². The standard InChI is InChI=1S/C21H21ClN2O3/c1-13(2)27-19-8-6-15(10-20(19)26-4)9-16(12-23)21(25)24-18-11-17(22)7-5-14(18)3/h5-11,13H,1-4H3,(H,24,25). The molecule has 2 aromatic carbocycles. The molecule has 2 rings (SSSR count). The summed E-state index contributed by atoms with van der Waals surface area (Å²) in [6.45, 7) is 5.69. The number of methoxy groups -OCH3 is 1. The lowest BCUT2D eigenvalue weighted by Crippen LogP contribution is -2.14. The Balaban J connectivity index is 2.28. The van der Waals surface area contributed by atoms with Crippen LogP contribution in [0.2, 0.25) is 5.02 Å². The van der Waals surface area contributed by atoms with Gasteiger partial charge in [-0.1, -0.05) is 23.7 Å². The Kier molecular flexibility index (Phi) is 6.86. The minimum atomic E-state index is -0.510. The lowest BCUT2D eigenvalue weighted by molar-refractivity contribution is -0.112. The van der Waals surface area contributed by atoms with Crippen LogP contribution in [0.4, 0.5) is 5.69 Å². The van der Waals surface area contributed by atoms with E-state index in [-0.39, 0.29) is 11.7 Å². The van der Waals surface area contributed by atoms with Gasteiger partial charge < -0.3 is 14.8 Å². The predicted octanol–water partition coefficient (Wildman–Crippen LogP) is 4.99. The number of hydrogen-bond acceptors (Lipinski definition) is 4. The number of rotatable bonds is 6. The van der Waals surface area contributed by atoms with Crippen LogP contribution in [0.3, 0.4) is 0 Å². The van der Waals surface area contributed by atoms with Gasteiger partial charge in [0, 0.05) is 10.7 Å².